The highest BCUT2D eigenvalue weighted by Gasteiger charge is 2.23. The number of hydrogen-bond acceptors (Lipinski definition) is 5. The van der Waals surface area contributed by atoms with Crippen molar-refractivity contribution in [1.29, 1.82) is 0 Å². The molecule has 2 unspecified atom stereocenters. The van der Waals surface area contributed by atoms with Gasteiger partial charge in [-0.25, -0.2) is 9.97 Å². The van der Waals surface area contributed by atoms with Crippen molar-refractivity contribution in [2.24, 2.45) is 0 Å². The molecule has 2 aromatic rings. The fraction of sp³-hybridized carbons (Fsp3) is 0.471. The molecule has 1 aliphatic rings. The molecule has 0 aromatic carbocycles. The lowest BCUT2D eigenvalue weighted by Gasteiger charge is -2.28. The quantitative estimate of drug-likeness (QED) is 0.908. The van der Waals surface area contributed by atoms with Gasteiger partial charge in [-0.05, 0) is 31.4 Å². The lowest BCUT2D eigenvalue weighted by atomic mass is 9.92. The molecule has 0 aliphatic heterocycles. The van der Waals surface area contributed by atoms with Crippen LogP contribution in [0.15, 0.2) is 30.5 Å². The summed E-state index contributed by atoms with van der Waals surface area (Å²) in [6.07, 6.45) is 6.37. The van der Waals surface area contributed by atoms with Gasteiger partial charge in [0.2, 0.25) is 0 Å². The number of nitrogens with zero attached hydrogens (tertiary/aromatic N) is 3. The smallest absolute Gasteiger partial charge is 0.180 e. The van der Waals surface area contributed by atoms with E-state index in [-0.39, 0.29) is 12.1 Å². The summed E-state index contributed by atoms with van der Waals surface area (Å²) in [5.74, 6) is 1.41. The summed E-state index contributed by atoms with van der Waals surface area (Å²) in [6.45, 7) is 2.07. The summed E-state index contributed by atoms with van der Waals surface area (Å²) >= 11 is 0. The Balaban J connectivity index is 1.87. The van der Waals surface area contributed by atoms with Gasteiger partial charge in [0.05, 0.1) is 12.1 Å². The van der Waals surface area contributed by atoms with E-state index in [1.807, 2.05) is 24.3 Å². The maximum atomic E-state index is 10.1. The molecule has 1 fully saturated rings. The number of anilines is 1. The number of hydrogen-bond donors (Lipinski definition) is 2. The number of aliphatic hydroxyl groups is 1. The van der Waals surface area contributed by atoms with Gasteiger partial charge in [-0.3, -0.25) is 4.98 Å². The zero-order valence-corrected chi connectivity index (χ0v) is 12.9. The van der Waals surface area contributed by atoms with Crippen LogP contribution in [0.25, 0.3) is 11.5 Å². The number of aliphatic hydroxyl groups excluding tert-OH is 1. The van der Waals surface area contributed by atoms with Crippen molar-refractivity contribution in [3.8, 4) is 11.5 Å². The van der Waals surface area contributed by atoms with Gasteiger partial charge in [0.25, 0.3) is 0 Å². The van der Waals surface area contributed by atoms with Gasteiger partial charge >= 0.3 is 0 Å². The summed E-state index contributed by atoms with van der Waals surface area (Å²) in [4.78, 5) is 13.5. The van der Waals surface area contributed by atoms with Crippen LogP contribution in [0.4, 0.5) is 5.82 Å². The number of rotatable bonds is 4. The van der Waals surface area contributed by atoms with E-state index in [2.05, 4.69) is 27.2 Å². The van der Waals surface area contributed by atoms with Gasteiger partial charge < -0.3 is 10.4 Å². The summed E-state index contributed by atoms with van der Waals surface area (Å²) in [6, 6.07) is 7.76. The Kier molecular flexibility index (Phi) is 4.63. The van der Waals surface area contributed by atoms with Gasteiger partial charge in [-0.2, -0.15) is 0 Å². The van der Waals surface area contributed by atoms with Crippen molar-refractivity contribution < 1.29 is 5.11 Å². The SMILES string of the molecule is CCc1cc(NC2CCCCC2O)nc(-c2ccccn2)n1. The Morgan fingerprint density at radius 3 is 2.82 bits per heavy atom. The lowest BCUT2D eigenvalue weighted by molar-refractivity contribution is 0.116. The average molecular weight is 298 g/mol. The molecule has 0 bridgehead atoms. The van der Waals surface area contributed by atoms with Gasteiger partial charge in [0.15, 0.2) is 5.82 Å². The second kappa shape index (κ2) is 6.83. The predicted octanol–water partition coefficient (Wildman–Crippen LogP) is 2.82. The zero-order valence-electron chi connectivity index (χ0n) is 12.9. The minimum absolute atomic E-state index is 0.0740. The standard InChI is InChI=1S/C17H22N4O/c1-2-12-11-16(20-13-7-3-4-9-15(13)22)21-17(19-12)14-8-5-6-10-18-14/h5-6,8,10-11,13,15,22H,2-4,7,9H2,1H3,(H,19,20,21). The number of nitrogens with one attached hydrogen (secondary N) is 1. The molecule has 5 heteroatoms. The first-order valence-corrected chi connectivity index (χ1v) is 8.00. The van der Waals surface area contributed by atoms with E-state index in [0.717, 1.165) is 49.3 Å². The van der Waals surface area contributed by atoms with Crippen LogP contribution in [0.2, 0.25) is 0 Å². The van der Waals surface area contributed by atoms with Crippen LogP contribution in [0.3, 0.4) is 0 Å². The van der Waals surface area contributed by atoms with Crippen molar-refractivity contribution in [3.63, 3.8) is 0 Å². The first kappa shape index (κ1) is 14.9. The first-order valence-electron chi connectivity index (χ1n) is 8.00. The third kappa shape index (κ3) is 3.42. The van der Waals surface area contributed by atoms with E-state index in [0.29, 0.717) is 5.82 Å². The highest BCUT2D eigenvalue weighted by molar-refractivity contribution is 5.53. The van der Waals surface area contributed by atoms with Crippen LogP contribution < -0.4 is 5.32 Å². The minimum atomic E-state index is -0.299. The largest absolute Gasteiger partial charge is 0.391 e. The molecular formula is C17H22N4O. The Morgan fingerprint density at radius 1 is 1.23 bits per heavy atom. The van der Waals surface area contributed by atoms with Crippen molar-refractivity contribution in [2.75, 3.05) is 5.32 Å². The van der Waals surface area contributed by atoms with Crippen molar-refractivity contribution in [1.82, 2.24) is 15.0 Å². The van der Waals surface area contributed by atoms with Crippen LogP contribution >= 0.6 is 0 Å². The van der Waals surface area contributed by atoms with E-state index in [4.69, 9.17) is 0 Å². The van der Waals surface area contributed by atoms with E-state index < -0.39 is 0 Å². The maximum absolute atomic E-state index is 10.1. The van der Waals surface area contributed by atoms with Crippen molar-refractivity contribution in [2.45, 2.75) is 51.2 Å². The Labute approximate surface area is 130 Å². The molecule has 0 amide bonds. The van der Waals surface area contributed by atoms with Gasteiger partial charge in [0.1, 0.15) is 11.5 Å². The molecule has 3 rings (SSSR count). The second-order valence-electron chi connectivity index (χ2n) is 5.74. The van der Waals surface area contributed by atoms with E-state index in [1.165, 1.54) is 0 Å². The zero-order chi connectivity index (χ0) is 15.4. The number of pyridine rings is 1. The normalized spacial score (nSPS) is 21.5. The van der Waals surface area contributed by atoms with Gasteiger partial charge in [0, 0.05) is 18.0 Å². The van der Waals surface area contributed by atoms with Crippen LogP contribution in [0, 0.1) is 0 Å². The molecule has 2 heterocycles. The third-order valence-electron chi connectivity index (χ3n) is 4.10. The highest BCUT2D eigenvalue weighted by atomic mass is 16.3. The molecule has 5 nitrogen and oxygen atoms in total. The van der Waals surface area contributed by atoms with E-state index >= 15 is 0 Å². The molecule has 1 aliphatic carbocycles. The van der Waals surface area contributed by atoms with Crippen LogP contribution in [0.1, 0.15) is 38.3 Å². The van der Waals surface area contributed by atoms with Gasteiger partial charge in [-0.1, -0.05) is 25.8 Å². The van der Waals surface area contributed by atoms with E-state index in [9.17, 15) is 5.11 Å². The summed E-state index contributed by atoms with van der Waals surface area (Å²) in [7, 11) is 0. The maximum Gasteiger partial charge on any atom is 0.180 e. The van der Waals surface area contributed by atoms with Crippen molar-refractivity contribution >= 4 is 5.82 Å². The van der Waals surface area contributed by atoms with Crippen molar-refractivity contribution in [3.05, 3.63) is 36.2 Å². The molecule has 116 valence electrons. The molecule has 0 saturated heterocycles. The highest BCUT2D eigenvalue weighted by Crippen LogP contribution is 2.23. The molecular weight excluding hydrogens is 276 g/mol. The Hall–Kier alpha value is -2.01. The molecule has 0 spiro atoms. The molecule has 2 atom stereocenters. The Morgan fingerprint density at radius 2 is 2.09 bits per heavy atom. The van der Waals surface area contributed by atoms with E-state index in [1.54, 1.807) is 6.20 Å². The Bertz CT molecular complexity index is 617. The first-order chi connectivity index (χ1) is 10.8. The average Bonchev–Trinajstić information content (AvgIpc) is 2.57. The summed E-state index contributed by atoms with van der Waals surface area (Å²) in [5, 5.41) is 13.5. The molecule has 0 radical (unpaired) electrons. The van der Waals surface area contributed by atoms with Gasteiger partial charge in [-0.15, -0.1) is 0 Å². The topological polar surface area (TPSA) is 70.9 Å². The van der Waals surface area contributed by atoms with Crippen LogP contribution in [-0.2, 0) is 6.42 Å². The molecule has 1 saturated carbocycles. The van der Waals surface area contributed by atoms with Crippen LogP contribution in [0.5, 0.6) is 0 Å². The minimum Gasteiger partial charge on any atom is -0.391 e. The monoisotopic (exact) mass is 298 g/mol. The number of aromatic nitrogens is 3. The third-order valence-corrected chi connectivity index (χ3v) is 4.10. The number of aryl methyl sites for hydroxylation is 1. The van der Waals surface area contributed by atoms with Crippen LogP contribution in [-0.4, -0.2) is 32.2 Å². The predicted molar refractivity (Wildman–Crippen MR) is 86.5 cm³/mol. The summed E-state index contributed by atoms with van der Waals surface area (Å²) < 4.78 is 0. The fourth-order valence-corrected chi connectivity index (χ4v) is 2.83. The lowest BCUT2D eigenvalue weighted by Crippen LogP contribution is -2.36. The molecule has 2 aromatic heterocycles. The fourth-order valence-electron chi connectivity index (χ4n) is 2.83. The second-order valence-corrected chi connectivity index (χ2v) is 5.74. The molecule has 2 N–H and O–H groups in total. The molecule has 22 heavy (non-hydrogen) atoms. The summed E-state index contributed by atoms with van der Waals surface area (Å²) in [5.41, 5.74) is 1.74.